The molecule has 0 atom stereocenters. The van der Waals surface area contributed by atoms with E-state index in [9.17, 15) is 0 Å². The highest BCUT2D eigenvalue weighted by Crippen LogP contribution is 1.85. The number of hydrogen-bond donors (Lipinski definition) is 2. The summed E-state index contributed by atoms with van der Waals surface area (Å²) in [7, 11) is 0. The molecule has 0 heterocycles. The van der Waals surface area contributed by atoms with Crippen LogP contribution < -0.4 is 5.73 Å². The monoisotopic (exact) mass is 145 g/mol. The van der Waals surface area contributed by atoms with Crippen LogP contribution in [0.3, 0.4) is 0 Å². The van der Waals surface area contributed by atoms with Crippen LogP contribution in [0.1, 0.15) is 6.92 Å². The Bertz CT molecular complexity index is 156. The first-order chi connectivity index (χ1) is 4.16. The summed E-state index contributed by atoms with van der Waals surface area (Å²) in [5.41, 5.74) is 4.97. The first-order valence-corrected chi connectivity index (χ1v) is 2.72. The summed E-state index contributed by atoms with van der Waals surface area (Å²) < 4.78 is 0. The number of amidine groups is 1. The first kappa shape index (κ1) is 8.17. The quantitative estimate of drug-likeness (QED) is 0.421. The van der Waals surface area contributed by atoms with E-state index in [1.165, 1.54) is 12.3 Å². The molecule has 0 bridgehead atoms. The molecule has 0 aromatic heterocycles. The number of halogens is 1. The van der Waals surface area contributed by atoms with Gasteiger partial charge in [-0.2, -0.15) is 0 Å². The number of nitrogens with two attached hydrogens (primary N) is 1. The molecule has 0 radical (unpaired) electrons. The summed E-state index contributed by atoms with van der Waals surface area (Å²) in [6, 6.07) is 0. The molecule has 3 nitrogen and oxygen atoms in total. The molecule has 0 fully saturated rings. The van der Waals surface area contributed by atoms with Crippen LogP contribution in [-0.4, -0.2) is 11.0 Å². The summed E-state index contributed by atoms with van der Waals surface area (Å²) >= 11 is 5.34. The molecule has 0 spiro atoms. The van der Waals surface area contributed by atoms with Gasteiger partial charge < -0.3 is 5.73 Å². The Labute approximate surface area is 58.7 Å². The highest BCUT2D eigenvalue weighted by atomic mass is 35.5. The molecule has 0 amide bonds. The minimum atomic E-state index is 0.0602. The molecule has 4 heteroatoms. The van der Waals surface area contributed by atoms with E-state index in [1.807, 2.05) is 0 Å². The summed E-state index contributed by atoms with van der Waals surface area (Å²) in [4.78, 5) is 3.57. The minimum absolute atomic E-state index is 0.0602. The Morgan fingerprint density at radius 2 is 2.33 bits per heavy atom. The van der Waals surface area contributed by atoms with Crippen molar-refractivity contribution < 1.29 is 0 Å². The van der Waals surface area contributed by atoms with Crippen LogP contribution in [0.2, 0.25) is 0 Å². The SMILES string of the molecule is CC(Cl)=NC(=N)C=CN. The lowest BCUT2D eigenvalue weighted by Crippen LogP contribution is -1.90. The molecule has 0 aromatic carbocycles. The van der Waals surface area contributed by atoms with Crippen molar-refractivity contribution in [1.82, 2.24) is 0 Å². The lowest BCUT2D eigenvalue weighted by molar-refractivity contribution is 1.45. The first-order valence-electron chi connectivity index (χ1n) is 2.34. The van der Waals surface area contributed by atoms with Crippen LogP contribution in [0, 0.1) is 5.41 Å². The van der Waals surface area contributed by atoms with E-state index in [0.717, 1.165) is 0 Å². The van der Waals surface area contributed by atoms with Crippen molar-refractivity contribution in [2.45, 2.75) is 6.92 Å². The zero-order valence-electron chi connectivity index (χ0n) is 5.06. The molecule has 0 unspecified atom stereocenters. The molecule has 9 heavy (non-hydrogen) atoms. The number of aliphatic imine (C=N–C) groups is 1. The van der Waals surface area contributed by atoms with Gasteiger partial charge >= 0.3 is 0 Å². The second-order valence-corrected chi connectivity index (χ2v) is 1.90. The van der Waals surface area contributed by atoms with Crippen LogP contribution in [-0.2, 0) is 0 Å². The largest absolute Gasteiger partial charge is 0.404 e. The van der Waals surface area contributed by atoms with Gasteiger partial charge in [-0.25, -0.2) is 4.99 Å². The second kappa shape index (κ2) is 4.09. The van der Waals surface area contributed by atoms with E-state index in [-0.39, 0.29) is 5.84 Å². The fraction of sp³-hybridized carbons (Fsp3) is 0.200. The Balaban J connectivity index is 3.93. The third kappa shape index (κ3) is 5.03. The molecule has 0 aliphatic carbocycles. The molecule has 50 valence electrons. The zero-order chi connectivity index (χ0) is 7.28. The number of rotatable bonds is 1. The molecule has 0 saturated heterocycles. The molecule has 0 saturated carbocycles. The van der Waals surface area contributed by atoms with Gasteiger partial charge in [0.05, 0.1) is 0 Å². The van der Waals surface area contributed by atoms with Gasteiger partial charge in [-0.1, -0.05) is 11.6 Å². The second-order valence-electron chi connectivity index (χ2n) is 1.35. The van der Waals surface area contributed by atoms with Gasteiger partial charge in [0.25, 0.3) is 0 Å². The predicted octanol–water partition coefficient (Wildman–Crippen LogP) is 1.09. The van der Waals surface area contributed by atoms with Crippen LogP contribution in [0.25, 0.3) is 0 Å². The molecule has 0 aliphatic heterocycles. The summed E-state index contributed by atoms with van der Waals surface area (Å²) in [5.74, 6) is 0.0602. The van der Waals surface area contributed by atoms with Gasteiger partial charge in [0.1, 0.15) is 11.0 Å². The van der Waals surface area contributed by atoms with Crippen molar-refractivity contribution in [3.63, 3.8) is 0 Å². The topological polar surface area (TPSA) is 62.2 Å². The van der Waals surface area contributed by atoms with E-state index in [1.54, 1.807) is 6.92 Å². The maximum absolute atomic E-state index is 6.98. The molecular weight excluding hydrogens is 138 g/mol. The van der Waals surface area contributed by atoms with E-state index in [0.29, 0.717) is 5.17 Å². The van der Waals surface area contributed by atoms with E-state index >= 15 is 0 Å². The van der Waals surface area contributed by atoms with Crippen molar-refractivity contribution in [3.8, 4) is 0 Å². The third-order valence-corrected chi connectivity index (χ3v) is 0.613. The predicted molar refractivity (Wildman–Crippen MR) is 40.0 cm³/mol. The number of nitrogens with one attached hydrogen (secondary N) is 1. The highest BCUT2D eigenvalue weighted by molar-refractivity contribution is 6.65. The molecule has 0 aromatic rings. The van der Waals surface area contributed by atoms with Crippen molar-refractivity contribution in [2.75, 3.05) is 0 Å². The van der Waals surface area contributed by atoms with Gasteiger partial charge in [-0.3, -0.25) is 5.41 Å². The van der Waals surface area contributed by atoms with Crippen molar-refractivity contribution in [2.24, 2.45) is 10.7 Å². The van der Waals surface area contributed by atoms with Crippen LogP contribution in [0.15, 0.2) is 17.3 Å². The van der Waals surface area contributed by atoms with Gasteiger partial charge in [-0.05, 0) is 19.2 Å². The summed E-state index contributed by atoms with van der Waals surface area (Å²) in [6.45, 7) is 1.60. The smallest absolute Gasteiger partial charge is 0.147 e. The standard InChI is InChI=1S/C5H8ClN3/c1-4(6)9-5(8)2-3-7/h2-3,8H,7H2,1H3. The highest BCUT2D eigenvalue weighted by Gasteiger charge is 1.84. The molecule has 3 N–H and O–H groups in total. The maximum Gasteiger partial charge on any atom is 0.147 e. The van der Waals surface area contributed by atoms with E-state index < -0.39 is 0 Å². The zero-order valence-corrected chi connectivity index (χ0v) is 5.81. The third-order valence-electron chi connectivity index (χ3n) is 0.529. The Hall–Kier alpha value is -0.830. The Morgan fingerprint density at radius 3 is 2.67 bits per heavy atom. The summed E-state index contributed by atoms with van der Waals surface area (Å²) in [5, 5.41) is 7.31. The minimum Gasteiger partial charge on any atom is -0.404 e. The molecule has 0 aliphatic rings. The van der Waals surface area contributed by atoms with Crippen molar-refractivity contribution >= 4 is 22.6 Å². The summed E-state index contributed by atoms with van der Waals surface area (Å²) in [6.07, 6.45) is 2.59. The number of nitrogens with zero attached hydrogens (tertiary/aromatic N) is 1. The van der Waals surface area contributed by atoms with Crippen molar-refractivity contribution in [1.29, 1.82) is 5.41 Å². The van der Waals surface area contributed by atoms with Crippen LogP contribution >= 0.6 is 11.6 Å². The lowest BCUT2D eigenvalue weighted by atomic mass is 10.5. The van der Waals surface area contributed by atoms with Gasteiger partial charge in [0, 0.05) is 0 Å². The Kier molecular flexibility index (Phi) is 3.71. The average molecular weight is 146 g/mol. The maximum atomic E-state index is 6.98. The van der Waals surface area contributed by atoms with Gasteiger partial charge in [0.15, 0.2) is 0 Å². The average Bonchev–Trinajstić information content (AvgIpc) is 1.63. The van der Waals surface area contributed by atoms with Gasteiger partial charge in [0.2, 0.25) is 0 Å². The molecule has 0 rings (SSSR count). The van der Waals surface area contributed by atoms with E-state index in [2.05, 4.69) is 4.99 Å². The van der Waals surface area contributed by atoms with Crippen molar-refractivity contribution in [3.05, 3.63) is 12.3 Å². The van der Waals surface area contributed by atoms with Crippen LogP contribution in [0.5, 0.6) is 0 Å². The van der Waals surface area contributed by atoms with Crippen LogP contribution in [0.4, 0.5) is 0 Å². The van der Waals surface area contributed by atoms with Gasteiger partial charge in [-0.15, -0.1) is 0 Å². The number of hydrogen-bond acceptors (Lipinski definition) is 2. The fourth-order valence-electron chi connectivity index (χ4n) is 0.294. The molecular formula is C5H8ClN3. The van der Waals surface area contributed by atoms with E-state index in [4.69, 9.17) is 22.7 Å². The Morgan fingerprint density at radius 1 is 1.78 bits per heavy atom. The fourth-order valence-corrected chi connectivity index (χ4v) is 0.385. The normalized spacial score (nSPS) is 12.4. The lowest BCUT2D eigenvalue weighted by Gasteiger charge is -1.85.